The van der Waals surface area contributed by atoms with E-state index in [4.69, 9.17) is 19.6 Å². The van der Waals surface area contributed by atoms with Crippen LogP contribution >= 0.6 is 0 Å². The van der Waals surface area contributed by atoms with E-state index in [0.29, 0.717) is 31.1 Å². The van der Waals surface area contributed by atoms with Crippen LogP contribution in [0.25, 0.3) is 0 Å². The van der Waals surface area contributed by atoms with Gasteiger partial charge >= 0.3 is 0 Å². The summed E-state index contributed by atoms with van der Waals surface area (Å²) in [4.78, 5) is 18.2. The molecular formula is C25H28N2O4. The number of aliphatic hydroxyl groups is 1. The van der Waals surface area contributed by atoms with Crippen molar-refractivity contribution in [2.24, 2.45) is 4.99 Å². The number of aliphatic imine (C=N–C) groups is 1. The second kappa shape index (κ2) is 9.35. The fourth-order valence-electron chi connectivity index (χ4n) is 3.70. The van der Waals surface area contributed by atoms with Crippen molar-refractivity contribution in [3.8, 4) is 5.75 Å². The lowest BCUT2D eigenvalue weighted by Crippen LogP contribution is -2.48. The molecular weight excluding hydrogens is 392 g/mol. The summed E-state index contributed by atoms with van der Waals surface area (Å²) in [5, 5.41) is 12.0. The molecule has 0 bridgehead atoms. The lowest BCUT2D eigenvalue weighted by Gasteiger charge is -2.29. The topological polar surface area (TPSA) is 80.2 Å². The Morgan fingerprint density at radius 2 is 1.97 bits per heavy atom. The molecule has 1 saturated carbocycles. The summed E-state index contributed by atoms with van der Waals surface area (Å²) in [6.07, 6.45) is 4.15. The normalized spacial score (nSPS) is 22.4. The van der Waals surface area contributed by atoms with Crippen LogP contribution < -0.4 is 10.1 Å². The van der Waals surface area contributed by atoms with Gasteiger partial charge in [0.05, 0.1) is 6.61 Å². The quantitative estimate of drug-likeness (QED) is 0.455. The highest BCUT2D eigenvalue weighted by Crippen LogP contribution is 2.43. The van der Waals surface area contributed by atoms with Crippen LogP contribution in [0.3, 0.4) is 0 Å². The highest BCUT2D eigenvalue weighted by molar-refractivity contribution is 6.01. The summed E-state index contributed by atoms with van der Waals surface area (Å²) < 4.78 is 11.9. The maximum Gasteiger partial charge on any atom is 0.252 e. The number of hydrogen-bond donors (Lipinski definition) is 2. The molecule has 2 aromatic carbocycles. The molecule has 2 N–H and O–H groups in total. The zero-order chi connectivity index (χ0) is 21.7. The van der Waals surface area contributed by atoms with Crippen LogP contribution in [0, 0.1) is 0 Å². The van der Waals surface area contributed by atoms with Gasteiger partial charge in [0, 0.05) is 31.1 Å². The second-order valence-corrected chi connectivity index (χ2v) is 7.94. The largest absolute Gasteiger partial charge is 0.494 e. The molecule has 162 valence electrons. The lowest BCUT2D eigenvalue weighted by molar-refractivity contribution is -0.129. The highest BCUT2D eigenvalue weighted by Gasteiger charge is 2.53. The lowest BCUT2D eigenvalue weighted by atomic mass is 9.84. The predicted octanol–water partition coefficient (Wildman–Crippen LogP) is 3.56. The van der Waals surface area contributed by atoms with Crippen molar-refractivity contribution >= 4 is 11.8 Å². The van der Waals surface area contributed by atoms with Gasteiger partial charge in [-0.25, -0.2) is 4.99 Å². The number of rotatable bonds is 10. The van der Waals surface area contributed by atoms with E-state index in [0.717, 1.165) is 24.0 Å². The van der Waals surface area contributed by atoms with Gasteiger partial charge in [-0.3, -0.25) is 4.79 Å². The zero-order valence-electron chi connectivity index (χ0n) is 17.5. The summed E-state index contributed by atoms with van der Waals surface area (Å²) in [5.41, 5.74) is 0.579. The summed E-state index contributed by atoms with van der Waals surface area (Å²) in [6.45, 7) is 4.43. The van der Waals surface area contributed by atoms with Crippen LogP contribution in [-0.2, 0) is 9.53 Å². The predicted molar refractivity (Wildman–Crippen MR) is 119 cm³/mol. The highest BCUT2D eigenvalue weighted by atomic mass is 16.5. The number of nitrogens with zero attached hydrogens (tertiary/aromatic N) is 1. The monoisotopic (exact) mass is 420 g/mol. The molecule has 2 aliphatic rings. The van der Waals surface area contributed by atoms with Crippen LogP contribution in [0.15, 0.2) is 72.2 Å². The third kappa shape index (κ3) is 4.64. The molecule has 0 aromatic heterocycles. The Morgan fingerprint density at radius 1 is 1.23 bits per heavy atom. The van der Waals surface area contributed by atoms with E-state index in [1.807, 2.05) is 54.6 Å². The van der Waals surface area contributed by atoms with Gasteiger partial charge in [-0.2, -0.15) is 0 Å². The third-order valence-corrected chi connectivity index (χ3v) is 5.50. The van der Waals surface area contributed by atoms with Crippen molar-refractivity contribution in [2.45, 2.75) is 43.4 Å². The van der Waals surface area contributed by atoms with Crippen LogP contribution in [0.5, 0.6) is 5.75 Å². The summed E-state index contributed by atoms with van der Waals surface area (Å²) in [7, 11) is 0. The fraction of sp³-hybridized carbons (Fsp3) is 0.360. The van der Waals surface area contributed by atoms with Crippen molar-refractivity contribution in [2.75, 3.05) is 13.2 Å². The summed E-state index contributed by atoms with van der Waals surface area (Å²) >= 11 is 0. The number of carbonyl (C=O) groups is 1. The van der Waals surface area contributed by atoms with E-state index in [1.54, 1.807) is 6.08 Å². The van der Waals surface area contributed by atoms with Crippen molar-refractivity contribution < 1.29 is 19.4 Å². The van der Waals surface area contributed by atoms with Crippen molar-refractivity contribution in [3.05, 3.63) is 78.4 Å². The van der Waals surface area contributed by atoms with E-state index in [-0.39, 0.29) is 18.6 Å². The van der Waals surface area contributed by atoms with Crippen molar-refractivity contribution in [1.82, 2.24) is 5.32 Å². The summed E-state index contributed by atoms with van der Waals surface area (Å²) in [6, 6.07) is 17.4. The molecule has 1 aliphatic carbocycles. The Morgan fingerprint density at radius 3 is 2.61 bits per heavy atom. The minimum Gasteiger partial charge on any atom is -0.494 e. The Labute approximate surface area is 182 Å². The van der Waals surface area contributed by atoms with Gasteiger partial charge in [-0.15, -0.1) is 6.58 Å². The van der Waals surface area contributed by atoms with Gasteiger partial charge in [0.25, 0.3) is 5.91 Å². The molecule has 1 fully saturated rings. The van der Waals surface area contributed by atoms with Crippen molar-refractivity contribution in [1.29, 1.82) is 0 Å². The molecule has 4 rings (SSSR count). The summed E-state index contributed by atoms with van der Waals surface area (Å²) in [5.74, 6) is 1.02. The SMILES string of the molecule is C=CC[C@@]1(C(=O)NC2CC2)N=C(c2ccc(OCCCO)cc2)O[C@@H]1c1ccccc1. The van der Waals surface area contributed by atoms with Gasteiger partial charge in [-0.05, 0) is 42.7 Å². The van der Waals surface area contributed by atoms with Gasteiger partial charge in [0.2, 0.25) is 5.90 Å². The number of benzene rings is 2. The number of amides is 1. The van der Waals surface area contributed by atoms with Crippen LogP contribution in [0.1, 0.15) is 42.9 Å². The molecule has 1 heterocycles. The molecule has 6 nitrogen and oxygen atoms in total. The van der Waals surface area contributed by atoms with E-state index in [9.17, 15) is 4.79 Å². The number of hydrogen-bond acceptors (Lipinski definition) is 5. The van der Waals surface area contributed by atoms with E-state index in [1.165, 1.54) is 0 Å². The second-order valence-electron chi connectivity index (χ2n) is 7.94. The molecule has 0 saturated heterocycles. The molecule has 2 atom stereocenters. The Balaban J connectivity index is 1.65. The third-order valence-electron chi connectivity index (χ3n) is 5.50. The molecule has 1 aliphatic heterocycles. The van der Waals surface area contributed by atoms with Crippen LogP contribution in [0.4, 0.5) is 0 Å². The maximum atomic E-state index is 13.4. The molecule has 0 spiro atoms. The Bertz CT molecular complexity index is 938. The first-order chi connectivity index (χ1) is 15.2. The maximum absolute atomic E-state index is 13.4. The first-order valence-corrected chi connectivity index (χ1v) is 10.7. The average molecular weight is 421 g/mol. The fourth-order valence-corrected chi connectivity index (χ4v) is 3.70. The molecule has 6 heteroatoms. The smallest absolute Gasteiger partial charge is 0.252 e. The minimum absolute atomic E-state index is 0.0952. The van der Waals surface area contributed by atoms with E-state index < -0.39 is 11.6 Å². The van der Waals surface area contributed by atoms with Gasteiger partial charge in [0.15, 0.2) is 11.6 Å². The molecule has 1 amide bonds. The standard InChI is InChI=1S/C25H28N2O4/c1-2-15-25(24(29)26-20-11-12-20)22(18-7-4-3-5-8-18)31-23(27-25)19-9-13-21(14-10-19)30-17-6-16-28/h2-5,7-10,13-14,20,22,28H,1,6,11-12,15-17H2,(H,26,29)/t22-,25-/m1/s1. The number of carbonyl (C=O) groups excluding carboxylic acids is 1. The van der Waals surface area contributed by atoms with Crippen LogP contribution in [0.2, 0.25) is 0 Å². The van der Waals surface area contributed by atoms with Gasteiger partial charge < -0.3 is 19.9 Å². The van der Waals surface area contributed by atoms with Gasteiger partial charge in [0.1, 0.15) is 5.75 Å². The average Bonchev–Trinajstić information content (AvgIpc) is 3.53. The molecule has 2 aromatic rings. The molecule has 0 radical (unpaired) electrons. The zero-order valence-corrected chi connectivity index (χ0v) is 17.5. The van der Waals surface area contributed by atoms with Crippen LogP contribution in [-0.4, -0.2) is 41.7 Å². The molecule has 0 unspecified atom stereocenters. The van der Waals surface area contributed by atoms with E-state index >= 15 is 0 Å². The first-order valence-electron chi connectivity index (χ1n) is 10.7. The number of nitrogens with one attached hydrogen (secondary N) is 1. The van der Waals surface area contributed by atoms with E-state index in [2.05, 4.69) is 11.9 Å². The molecule has 31 heavy (non-hydrogen) atoms. The number of aliphatic hydroxyl groups excluding tert-OH is 1. The van der Waals surface area contributed by atoms with Crippen molar-refractivity contribution in [3.63, 3.8) is 0 Å². The number of ether oxygens (including phenoxy) is 2. The minimum atomic E-state index is -1.10. The first kappa shape index (κ1) is 21.1. The Kier molecular flexibility index (Phi) is 6.37. The van der Waals surface area contributed by atoms with Gasteiger partial charge in [-0.1, -0.05) is 36.4 Å². The Hall–Kier alpha value is -3.12.